The Labute approximate surface area is 183 Å². The van der Waals surface area contributed by atoms with Crippen LogP contribution in [0.4, 0.5) is 17.3 Å². The Kier molecular flexibility index (Phi) is 5.75. The second-order valence-corrected chi connectivity index (χ2v) is 10.8. The van der Waals surface area contributed by atoms with Crippen molar-refractivity contribution >= 4 is 50.4 Å². The van der Waals surface area contributed by atoms with Crippen molar-refractivity contribution in [3.8, 4) is 5.75 Å². The number of aryl methyl sites for hydroxylation is 1. The van der Waals surface area contributed by atoms with Crippen LogP contribution < -0.4 is 10.6 Å². The van der Waals surface area contributed by atoms with Gasteiger partial charge in [-0.15, -0.1) is 11.3 Å². The first-order valence-corrected chi connectivity index (χ1v) is 12.6. The number of rotatable bonds is 9. The molecule has 1 aliphatic carbocycles. The van der Waals surface area contributed by atoms with Gasteiger partial charge in [0, 0.05) is 18.5 Å². The Morgan fingerprint density at radius 2 is 2.07 bits per heavy atom. The van der Waals surface area contributed by atoms with E-state index in [1.165, 1.54) is 4.31 Å². The van der Waals surface area contributed by atoms with Gasteiger partial charge >= 0.3 is 0 Å². The fraction of sp³-hybridized carbons (Fsp3) is 0.444. The molecule has 30 heavy (non-hydrogen) atoms. The maximum atomic E-state index is 12.8. The molecule has 3 aromatic heterocycles. The number of nitrogens with zero attached hydrogens (tertiary/aromatic N) is 3. The molecule has 3 aromatic rings. The van der Waals surface area contributed by atoms with Crippen molar-refractivity contribution in [2.24, 2.45) is 0 Å². The minimum atomic E-state index is -3.73. The van der Waals surface area contributed by atoms with Gasteiger partial charge in [0.2, 0.25) is 0 Å². The van der Waals surface area contributed by atoms with Gasteiger partial charge in [-0.1, -0.05) is 6.92 Å². The van der Waals surface area contributed by atoms with Crippen molar-refractivity contribution in [2.45, 2.75) is 49.4 Å². The summed E-state index contributed by atoms with van der Waals surface area (Å²) in [5.41, 5.74) is 0.278. The van der Waals surface area contributed by atoms with Crippen LogP contribution in [0.3, 0.4) is 0 Å². The van der Waals surface area contributed by atoms with E-state index in [0.29, 0.717) is 11.6 Å². The first kappa shape index (κ1) is 21.1. The molecule has 1 atom stereocenters. The number of anilines is 3. The fourth-order valence-corrected chi connectivity index (χ4v) is 6.34. The van der Waals surface area contributed by atoms with Crippen LogP contribution in [0.5, 0.6) is 5.75 Å². The Morgan fingerprint density at radius 1 is 1.33 bits per heavy atom. The van der Waals surface area contributed by atoms with E-state index in [0.717, 1.165) is 53.8 Å². The topological polar surface area (TPSA) is 121 Å². The van der Waals surface area contributed by atoms with Gasteiger partial charge in [-0.25, -0.2) is 8.42 Å². The summed E-state index contributed by atoms with van der Waals surface area (Å²) in [6.07, 6.45) is 2.46. The molecule has 1 fully saturated rings. The second-order valence-electron chi connectivity index (χ2n) is 7.18. The molecule has 0 aliphatic heterocycles. The molecule has 0 spiro atoms. The summed E-state index contributed by atoms with van der Waals surface area (Å²) in [7, 11) is -2.18. The summed E-state index contributed by atoms with van der Waals surface area (Å²) in [6, 6.07) is 3.74. The number of hydrogen-bond acceptors (Lipinski definition) is 10. The highest BCUT2D eigenvalue weighted by molar-refractivity contribution is 7.91. The van der Waals surface area contributed by atoms with E-state index < -0.39 is 10.0 Å². The maximum Gasteiger partial charge on any atom is 0.256 e. The second kappa shape index (κ2) is 8.17. The molecule has 3 heterocycles. The zero-order valence-corrected chi connectivity index (χ0v) is 19.2. The maximum absolute atomic E-state index is 12.8. The lowest BCUT2D eigenvalue weighted by Crippen LogP contribution is -2.28. The minimum absolute atomic E-state index is 0.0164. The molecule has 0 unspecified atom stereocenters. The highest BCUT2D eigenvalue weighted by Gasteiger charge is 2.37. The average molecular weight is 470 g/mol. The summed E-state index contributed by atoms with van der Waals surface area (Å²) in [5.74, 6) is 2.23. The monoisotopic (exact) mass is 469 g/mol. The van der Waals surface area contributed by atoms with Crippen LogP contribution >= 0.6 is 23.1 Å². The minimum Gasteiger partial charge on any atom is -0.504 e. The summed E-state index contributed by atoms with van der Waals surface area (Å²) in [6.45, 7) is 3.92. The van der Waals surface area contributed by atoms with Crippen LogP contribution in [0, 0.1) is 6.92 Å². The molecule has 3 N–H and O–H groups in total. The van der Waals surface area contributed by atoms with E-state index in [-0.39, 0.29) is 27.7 Å². The Balaban J connectivity index is 1.54. The zero-order valence-electron chi connectivity index (χ0n) is 16.7. The van der Waals surface area contributed by atoms with E-state index >= 15 is 0 Å². The Hall–Kier alpha value is -2.15. The van der Waals surface area contributed by atoms with Crippen molar-refractivity contribution in [1.29, 1.82) is 0 Å². The number of thiophene rings is 1. The average Bonchev–Trinajstić information content (AvgIpc) is 3.15. The molecule has 12 heteroatoms. The molecule has 0 bridgehead atoms. The van der Waals surface area contributed by atoms with Gasteiger partial charge in [0.25, 0.3) is 10.0 Å². The normalized spacial score (nSPS) is 15.5. The lowest BCUT2D eigenvalue weighted by Gasteiger charge is -2.16. The van der Waals surface area contributed by atoms with Crippen molar-refractivity contribution in [3.05, 3.63) is 29.0 Å². The summed E-state index contributed by atoms with van der Waals surface area (Å²) < 4.78 is 41.0. The van der Waals surface area contributed by atoms with E-state index in [1.54, 1.807) is 12.4 Å². The standard InChI is InChI=1S/C18H23N5O4S3/c1-4-12(14-8-5-10(2)27-14)19-16-17(22-29-21-16)20-13-9-28-18(15(13)24)30(25,26)23(3)11-6-7-11/h5,8-9,11-12,24H,4,6-7H2,1-3H3,(H,19,21)(H,20,22)/t12-/m1/s1. The van der Waals surface area contributed by atoms with Crippen LogP contribution in [-0.4, -0.2) is 39.7 Å². The molecule has 4 rings (SSSR count). The number of sulfonamides is 1. The van der Waals surface area contributed by atoms with Gasteiger partial charge in [-0.05, 0) is 38.3 Å². The lowest BCUT2D eigenvalue weighted by atomic mass is 10.2. The number of furan rings is 1. The van der Waals surface area contributed by atoms with Gasteiger partial charge in [-0.3, -0.25) is 0 Å². The van der Waals surface area contributed by atoms with Gasteiger partial charge in [-0.2, -0.15) is 13.1 Å². The predicted octanol–water partition coefficient (Wildman–Crippen LogP) is 4.30. The molecular weight excluding hydrogens is 446 g/mol. The first-order chi connectivity index (χ1) is 14.3. The van der Waals surface area contributed by atoms with Crippen LogP contribution in [0.1, 0.15) is 43.7 Å². The SMILES string of the molecule is CC[C@@H](Nc1nsnc1Nc1csc(S(=O)(=O)N(C)C2CC2)c1O)c1ccc(C)o1. The molecule has 1 aliphatic rings. The quantitative estimate of drug-likeness (QED) is 0.424. The van der Waals surface area contributed by atoms with Crippen molar-refractivity contribution < 1.29 is 17.9 Å². The highest BCUT2D eigenvalue weighted by Crippen LogP contribution is 2.43. The predicted molar refractivity (Wildman–Crippen MR) is 117 cm³/mol. The lowest BCUT2D eigenvalue weighted by molar-refractivity contribution is 0.445. The number of aromatic hydroxyl groups is 1. The molecule has 0 aromatic carbocycles. The van der Waals surface area contributed by atoms with Crippen molar-refractivity contribution in [2.75, 3.05) is 17.7 Å². The van der Waals surface area contributed by atoms with Crippen molar-refractivity contribution in [3.63, 3.8) is 0 Å². The molecule has 0 radical (unpaired) electrons. The van der Waals surface area contributed by atoms with E-state index in [2.05, 4.69) is 19.4 Å². The van der Waals surface area contributed by atoms with Crippen molar-refractivity contribution in [1.82, 2.24) is 13.1 Å². The first-order valence-electron chi connectivity index (χ1n) is 9.52. The number of hydrogen-bond donors (Lipinski definition) is 3. The summed E-state index contributed by atoms with van der Waals surface area (Å²) >= 11 is 1.99. The third-order valence-corrected chi connectivity index (χ3v) is 8.90. The van der Waals surface area contributed by atoms with E-state index in [4.69, 9.17) is 4.42 Å². The number of aromatic nitrogens is 2. The van der Waals surface area contributed by atoms with Crippen LogP contribution in [0.15, 0.2) is 26.1 Å². The molecule has 0 amide bonds. The Morgan fingerprint density at radius 3 is 2.70 bits per heavy atom. The highest BCUT2D eigenvalue weighted by atomic mass is 32.2. The molecule has 162 valence electrons. The van der Waals surface area contributed by atoms with Gasteiger partial charge in [0.15, 0.2) is 21.6 Å². The third kappa shape index (κ3) is 4.04. The fourth-order valence-electron chi connectivity index (χ4n) is 3.04. The molecule has 1 saturated carbocycles. The summed E-state index contributed by atoms with van der Waals surface area (Å²) in [4.78, 5) is 0. The van der Waals surface area contributed by atoms with Gasteiger partial charge in [0.05, 0.1) is 23.5 Å². The zero-order chi connectivity index (χ0) is 21.5. The van der Waals surface area contributed by atoms with Crippen LogP contribution in [0.2, 0.25) is 0 Å². The third-order valence-electron chi connectivity index (χ3n) is 4.97. The largest absolute Gasteiger partial charge is 0.504 e. The molecule has 9 nitrogen and oxygen atoms in total. The van der Waals surface area contributed by atoms with Gasteiger partial charge in [0.1, 0.15) is 11.5 Å². The van der Waals surface area contributed by atoms with E-state index in [9.17, 15) is 13.5 Å². The smallest absolute Gasteiger partial charge is 0.256 e. The Bertz CT molecular complexity index is 1130. The van der Waals surface area contributed by atoms with E-state index in [1.807, 2.05) is 26.0 Å². The number of nitrogens with one attached hydrogen (secondary N) is 2. The van der Waals surface area contributed by atoms with Crippen LogP contribution in [0.25, 0.3) is 0 Å². The molecular formula is C18H23N5O4S3. The van der Waals surface area contributed by atoms with Gasteiger partial charge < -0.3 is 20.2 Å². The summed E-state index contributed by atoms with van der Waals surface area (Å²) in [5, 5.41) is 18.4. The van der Waals surface area contributed by atoms with Crippen LogP contribution in [-0.2, 0) is 10.0 Å². The molecule has 0 saturated heterocycles.